The van der Waals surface area contributed by atoms with Crippen LogP contribution in [0.2, 0.25) is 0 Å². The summed E-state index contributed by atoms with van der Waals surface area (Å²) >= 11 is 0. The minimum atomic E-state index is -4.32. The van der Waals surface area contributed by atoms with Crippen molar-refractivity contribution in [1.29, 1.82) is 0 Å². The van der Waals surface area contributed by atoms with Gasteiger partial charge in [-0.05, 0) is 62.5 Å². The van der Waals surface area contributed by atoms with Crippen molar-refractivity contribution < 1.29 is 32.4 Å². The summed E-state index contributed by atoms with van der Waals surface area (Å²) < 4.78 is 49.8. The number of halogens is 3. The summed E-state index contributed by atoms with van der Waals surface area (Å²) in [5.74, 6) is 1.02. The minimum Gasteiger partial charge on any atom is -0.490 e. The van der Waals surface area contributed by atoms with Crippen molar-refractivity contribution in [3.63, 3.8) is 0 Å². The number of hydrogen-bond donors (Lipinski definition) is 0. The Balaban J connectivity index is 1.17. The number of alkyl halides is 3. The summed E-state index contributed by atoms with van der Waals surface area (Å²) in [5.41, 5.74) is 0.208. The quantitative estimate of drug-likeness (QED) is 0.297. The van der Waals surface area contributed by atoms with E-state index in [4.69, 9.17) is 9.47 Å². The first-order valence-corrected chi connectivity index (χ1v) is 13.4. The monoisotopic (exact) mass is 549 g/mol. The van der Waals surface area contributed by atoms with E-state index < -0.39 is 16.7 Å². The number of carbonyl (C=O) groups excluding carboxylic acids is 1. The van der Waals surface area contributed by atoms with Gasteiger partial charge in [-0.2, -0.15) is 13.2 Å². The largest absolute Gasteiger partial charge is 0.490 e. The highest BCUT2D eigenvalue weighted by molar-refractivity contribution is 5.76. The maximum absolute atomic E-state index is 12.8. The third kappa shape index (κ3) is 7.62. The summed E-state index contributed by atoms with van der Waals surface area (Å²) in [5, 5.41) is 11.2. The summed E-state index contributed by atoms with van der Waals surface area (Å²) in [4.78, 5) is 27.6. The van der Waals surface area contributed by atoms with Gasteiger partial charge in [-0.25, -0.2) is 0 Å². The Kier molecular flexibility index (Phi) is 9.32. The number of nitro benzene ring substituents is 1. The summed E-state index contributed by atoms with van der Waals surface area (Å²) in [7, 11) is 0. The maximum Gasteiger partial charge on any atom is 0.416 e. The number of carbonyl (C=O) groups is 1. The Hall–Kier alpha value is -3.34. The van der Waals surface area contributed by atoms with Crippen LogP contribution < -0.4 is 9.47 Å². The molecular weight excluding hydrogens is 515 g/mol. The molecule has 1 amide bonds. The van der Waals surface area contributed by atoms with Crippen LogP contribution in [0.25, 0.3) is 0 Å². The molecule has 0 radical (unpaired) electrons. The Morgan fingerprint density at radius 1 is 1.03 bits per heavy atom. The molecule has 0 unspecified atom stereocenters. The van der Waals surface area contributed by atoms with Gasteiger partial charge in [0.05, 0.1) is 17.1 Å². The van der Waals surface area contributed by atoms with E-state index in [0.29, 0.717) is 51.3 Å². The number of amides is 1. The molecule has 2 aromatic rings. The topological polar surface area (TPSA) is 85.2 Å². The van der Waals surface area contributed by atoms with E-state index in [1.54, 1.807) is 31.2 Å². The molecule has 2 aliphatic heterocycles. The van der Waals surface area contributed by atoms with Crippen LogP contribution in [0.3, 0.4) is 0 Å². The van der Waals surface area contributed by atoms with Crippen LogP contribution in [0.15, 0.2) is 42.5 Å². The van der Waals surface area contributed by atoms with Crippen LogP contribution in [0.1, 0.15) is 56.1 Å². The highest BCUT2D eigenvalue weighted by Gasteiger charge is 2.31. The second-order valence-electron chi connectivity index (χ2n) is 10.0. The Bertz CT molecular complexity index is 1130. The van der Waals surface area contributed by atoms with Crippen LogP contribution in [0.4, 0.5) is 18.9 Å². The number of nitrogens with zero attached hydrogens (tertiary/aromatic N) is 3. The molecule has 0 spiro atoms. The fourth-order valence-electron chi connectivity index (χ4n) is 5.25. The zero-order chi connectivity index (χ0) is 28.0. The van der Waals surface area contributed by atoms with Crippen molar-refractivity contribution >= 4 is 11.6 Å². The molecule has 0 N–H and O–H groups in total. The fraction of sp³-hybridized carbons (Fsp3) is 0.536. The molecule has 0 atom stereocenters. The van der Waals surface area contributed by atoms with Crippen molar-refractivity contribution in [2.75, 3.05) is 39.3 Å². The average molecular weight is 550 g/mol. The molecule has 4 rings (SSSR count). The third-order valence-corrected chi connectivity index (χ3v) is 7.46. The second-order valence-corrected chi connectivity index (χ2v) is 10.0. The van der Waals surface area contributed by atoms with Crippen molar-refractivity contribution in [2.45, 2.75) is 57.2 Å². The first-order valence-electron chi connectivity index (χ1n) is 13.4. The van der Waals surface area contributed by atoms with Crippen LogP contribution in [0.5, 0.6) is 11.5 Å². The zero-order valence-corrected chi connectivity index (χ0v) is 22.0. The van der Waals surface area contributed by atoms with E-state index >= 15 is 0 Å². The molecule has 2 aromatic carbocycles. The lowest BCUT2D eigenvalue weighted by Gasteiger charge is -2.34. The molecule has 11 heteroatoms. The van der Waals surface area contributed by atoms with Gasteiger partial charge in [0, 0.05) is 51.0 Å². The first kappa shape index (κ1) is 28.7. The predicted molar refractivity (Wildman–Crippen MR) is 139 cm³/mol. The fourth-order valence-corrected chi connectivity index (χ4v) is 5.25. The lowest BCUT2D eigenvalue weighted by Crippen LogP contribution is -2.43. The van der Waals surface area contributed by atoms with Gasteiger partial charge in [0.15, 0.2) is 0 Å². The van der Waals surface area contributed by atoms with Gasteiger partial charge in [-0.3, -0.25) is 14.9 Å². The van der Waals surface area contributed by atoms with Crippen LogP contribution in [-0.2, 0) is 11.0 Å². The number of ether oxygens (including phenoxy) is 2. The minimum absolute atomic E-state index is 0.0887. The highest BCUT2D eigenvalue weighted by Crippen LogP contribution is 2.34. The molecule has 2 aliphatic rings. The molecule has 2 heterocycles. The molecule has 0 aromatic heterocycles. The van der Waals surface area contributed by atoms with E-state index in [-0.39, 0.29) is 29.4 Å². The number of hydrogen-bond acceptors (Lipinski definition) is 6. The highest BCUT2D eigenvalue weighted by atomic mass is 19.4. The summed E-state index contributed by atoms with van der Waals surface area (Å²) in [6, 6.07) is 9.96. The molecule has 2 fully saturated rings. The molecule has 2 saturated heterocycles. The molecule has 0 bridgehead atoms. The van der Waals surface area contributed by atoms with Gasteiger partial charge in [0.1, 0.15) is 11.9 Å². The summed E-state index contributed by atoms with van der Waals surface area (Å²) in [6.45, 7) is 5.53. The lowest BCUT2D eigenvalue weighted by molar-refractivity contribution is -0.385. The Labute approximate surface area is 225 Å². The van der Waals surface area contributed by atoms with E-state index in [0.717, 1.165) is 43.6 Å². The number of likely N-dealkylation sites (tertiary alicyclic amines) is 2. The maximum atomic E-state index is 12.8. The van der Waals surface area contributed by atoms with E-state index in [2.05, 4.69) is 4.90 Å². The molecule has 0 aliphatic carbocycles. The van der Waals surface area contributed by atoms with Crippen molar-refractivity contribution in [1.82, 2.24) is 9.80 Å². The first-order chi connectivity index (χ1) is 18.6. The lowest BCUT2D eigenvalue weighted by atomic mass is 9.89. The van der Waals surface area contributed by atoms with Gasteiger partial charge in [0.25, 0.3) is 0 Å². The van der Waals surface area contributed by atoms with Crippen LogP contribution in [-0.4, -0.2) is 66.1 Å². The predicted octanol–water partition coefficient (Wildman–Crippen LogP) is 5.65. The van der Waals surface area contributed by atoms with Crippen molar-refractivity contribution in [2.24, 2.45) is 0 Å². The number of piperidine rings is 2. The third-order valence-electron chi connectivity index (χ3n) is 7.46. The molecule has 212 valence electrons. The number of rotatable bonds is 9. The second kappa shape index (κ2) is 12.7. The van der Waals surface area contributed by atoms with Crippen LogP contribution in [0, 0.1) is 10.1 Å². The summed E-state index contributed by atoms with van der Waals surface area (Å²) in [6.07, 6.45) is -0.925. The van der Waals surface area contributed by atoms with E-state index in [9.17, 15) is 28.1 Å². The average Bonchev–Trinajstić information content (AvgIpc) is 2.92. The smallest absolute Gasteiger partial charge is 0.416 e. The molecule has 0 saturated carbocycles. The number of nitro groups is 1. The molecule has 39 heavy (non-hydrogen) atoms. The SMILES string of the molecule is CCOc1cc(OC2CCN(C(=O)CCN3CCC(c4ccc(C(F)(F)F)cc4)CC3)CC2)ccc1[N+](=O)[O-]. The van der Waals surface area contributed by atoms with Gasteiger partial charge >= 0.3 is 11.9 Å². The Morgan fingerprint density at radius 2 is 1.69 bits per heavy atom. The van der Waals surface area contributed by atoms with Gasteiger partial charge < -0.3 is 19.3 Å². The van der Waals surface area contributed by atoms with E-state index in [1.807, 2.05) is 4.90 Å². The van der Waals surface area contributed by atoms with E-state index in [1.165, 1.54) is 6.07 Å². The van der Waals surface area contributed by atoms with Gasteiger partial charge in [-0.1, -0.05) is 12.1 Å². The van der Waals surface area contributed by atoms with Gasteiger partial charge in [0.2, 0.25) is 11.7 Å². The number of benzene rings is 2. The standard InChI is InChI=1S/C28H34F3N3O5/c1-2-38-26-19-24(7-8-25(26)34(36)37)39-23-11-17-33(18-12-23)27(35)13-16-32-14-9-21(10-15-32)20-3-5-22(6-4-20)28(29,30)31/h3-8,19,21,23H,2,9-18H2,1H3. The van der Waals surface area contributed by atoms with Crippen molar-refractivity contribution in [3.05, 3.63) is 63.7 Å². The van der Waals surface area contributed by atoms with Gasteiger partial charge in [-0.15, -0.1) is 0 Å². The Morgan fingerprint density at radius 3 is 2.28 bits per heavy atom. The molecular formula is C28H34F3N3O5. The van der Waals surface area contributed by atoms with Crippen molar-refractivity contribution in [3.8, 4) is 11.5 Å². The molecule has 8 nitrogen and oxygen atoms in total. The normalized spacial score (nSPS) is 17.7. The zero-order valence-electron chi connectivity index (χ0n) is 22.0. The van der Waals surface area contributed by atoms with Crippen LogP contribution >= 0.6 is 0 Å².